The molecule has 0 aromatic carbocycles. The fraction of sp³-hybridized carbons (Fsp3) is 0.500. The van der Waals surface area contributed by atoms with Crippen molar-refractivity contribution in [2.45, 2.75) is 52.2 Å². The number of thiophene rings is 1. The Kier molecular flexibility index (Phi) is 4.99. The van der Waals surface area contributed by atoms with E-state index in [4.69, 9.17) is 4.98 Å². The Morgan fingerprint density at radius 3 is 3.00 bits per heavy atom. The van der Waals surface area contributed by atoms with Gasteiger partial charge in [0.2, 0.25) is 5.91 Å². The Bertz CT molecular complexity index is 1130. The molecular weight excluding hydrogens is 398 g/mol. The highest BCUT2D eigenvalue weighted by Gasteiger charge is 2.30. The van der Waals surface area contributed by atoms with Crippen LogP contribution >= 0.6 is 11.3 Å². The van der Waals surface area contributed by atoms with Gasteiger partial charge >= 0.3 is 0 Å². The Labute approximate surface area is 179 Å². The first-order valence-electron chi connectivity index (χ1n) is 10.7. The predicted octanol–water partition coefficient (Wildman–Crippen LogP) is 2.96. The normalized spacial score (nSPS) is 19.7. The van der Waals surface area contributed by atoms with Crippen molar-refractivity contribution < 1.29 is 4.79 Å². The molecule has 1 amide bonds. The van der Waals surface area contributed by atoms with Crippen LogP contribution in [-0.4, -0.2) is 43.4 Å². The first-order valence-corrected chi connectivity index (χ1v) is 11.6. The van der Waals surface area contributed by atoms with Gasteiger partial charge in [-0.15, -0.1) is 0 Å². The standard InChI is InChI=1S/C22H27N5O2S/c1-14(2)21(28)26-8-5-16-18(12-26)23-20-10-17(24-27(20)22(16)29)19-4-3-7-25(19)11-15-6-9-30-13-15/h6,9-10,13-14,19,24H,3-5,7-8,11-12H2,1-2H3/t19-/m0/s1. The van der Waals surface area contributed by atoms with E-state index >= 15 is 0 Å². The minimum Gasteiger partial charge on any atom is -0.336 e. The molecule has 0 spiro atoms. The molecule has 0 radical (unpaired) electrons. The van der Waals surface area contributed by atoms with Crippen molar-refractivity contribution in [3.8, 4) is 0 Å². The fourth-order valence-electron chi connectivity index (χ4n) is 4.72. The van der Waals surface area contributed by atoms with E-state index in [1.807, 2.05) is 24.8 Å². The third-order valence-corrected chi connectivity index (χ3v) is 7.01. The van der Waals surface area contributed by atoms with Gasteiger partial charge in [0.1, 0.15) is 0 Å². The summed E-state index contributed by atoms with van der Waals surface area (Å²) in [4.78, 5) is 34.6. The van der Waals surface area contributed by atoms with E-state index in [1.54, 1.807) is 15.9 Å². The number of nitrogens with one attached hydrogen (secondary N) is 1. The summed E-state index contributed by atoms with van der Waals surface area (Å²) in [7, 11) is 0. The third-order valence-electron chi connectivity index (χ3n) is 6.28. The van der Waals surface area contributed by atoms with Crippen LogP contribution in [0.2, 0.25) is 0 Å². The molecule has 3 aromatic rings. The molecule has 0 unspecified atom stereocenters. The summed E-state index contributed by atoms with van der Waals surface area (Å²) < 4.78 is 1.59. The van der Waals surface area contributed by atoms with Crippen molar-refractivity contribution in [1.82, 2.24) is 24.4 Å². The van der Waals surface area contributed by atoms with Crippen LogP contribution in [0.15, 0.2) is 27.7 Å². The van der Waals surface area contributed by atoms with Crippen LogP contribution in [-0.2, 0) is 24.3 Å². The first-order chi connectivity index (χ1) is 14.5. The third kappa shape index (κ3) is 3.37. The van der Waals surface area contributed by atoms with Gasteiger partial charge in [-0.2, -0.15) is 11.3 Å². The van der Waals surface area contributed by atoms with E-state index in [0.717, 1.165) is 42.9 Å². The Hall–Kier alpha value is -2.45. The quantitative estimate of drug-likeness (QED) is 0.698. The summed E-state index contributed by atoms with van der Waals surface area (Å²) in [6, 6.07) is 4.46. The number of hydrogen-bond acceptors (Lipinski definition) is 5. The van der Waals surface area contributed by atoms with E-state index in [1.165, 1.54) is 5.56 Å². The molecule has 0 saturated carbocycles. The number of amides is 1. The highest BCUT2D eigenvalue weighted by Crippen LogP contribution is 2.33. The summed E-state index contributed by atoms with van der Waals surface area (Å²) in [5.74, 6) is 0.0688. The van der Waals surface area contributed by atoms with Gasteiger partial charge in [-0.3, -0.25) is 19.6 Å². The molecule has 2 aliphatic heterocycles. The van der Waals surface area contributed by atoms with Gasteiger partial charge in [-0.1, -0.05) is 13.8 Å². The van der Waals surface area contributed by atoms with Crippen LogP contribution in [0.25, 0.3) is 5.65 Å². The molecule has 0 bridgehead atoms. The number of rotatable bonds is 4. The van der Waals surface area contributed by atoms with E-state index in [9.17, 15) is 9.59 Å². The van der Waals surface area contributed by atoms with Crippen molar-refractivity contribution >= 4 is 22.9 Å². The molecule has 8 heteroatoms. The van der Waals surface area contributed by atoms with Crippen molar-refractivity contribution in [1.29, 1.82) is 0 Å². The van der Waals surface area contributed by atoms with Crippen molar-refractivity contribution in [3.05, 3.63) is 55.8 Å². The summed E-state index contributed by atoms with van der Waals surface area (Å²) in [5, 5.41) is 7.65. The zero-order chi connectivity index (χ0) is 20.8. The first kappa shape index (κ1) is 19.5. The van der Waals surface area contributed by atoms with E-state index in [2.05, 4.69) is 26.8 Å². The molecule has 0 aliphatic carbocycles. The average molecular weight is 426 g/mol. The summed E-state index contributed by atoms with van der Waals surface area (Å²) in [5.41, 5.74) is 4.48. The zero-order valence-corrected chi connectivity index (χ0v) is 18.2. The molecule has 1 saturated heterocycles. The number of aromatic nitrogens is 3. The lowest BCUT2D eigenvalue weighted by Gasteiger charge is -2.29. The Morgan fingerprint density at radius 2 is 2.23 bits per heavy atom. The van der Waals surface area contributed by atoms with Gasteiger partial charge in [0.15, 0.2) is 5.65 Å². The van der Waals surface area contributed by atoms with Crippen LogP contribution in [0.3, 0.4) is 0 Å². The summed E-state index contributed by atoms with van der Waals surface area (Å²) in [6.45, 7) is 6.80. The number of hydrogen-bond donors (Lipinski definition) is 1. The second-order valence-electron chi connectivity index (χ2n) is 8.67. The molecule has 5 rings (SSSR count). The number of likely N-dealkylation sites (tertiary alicyclic amines) is 1. The van der Waals surface area contributed by atoms with Gasteiger partial charge in [0, 0.05) is 30.6 Å². The minimum atomic E-state index is -0.0492. The lowest BCUT2D eigenvalue weighted by Crippen LogP contribution is -2.41. The summed E-state index contributed by atoms with van der Waals surface area (Å²) in [6.07, 6.45) is 2.78. The highest BCUT2D eigenvalue weighted by atomic mass is 32.1. The Balaban J connectivity index is 1.46. The van der Waals surface area contributed by atoms with Gasteiger partial charge < -0.3 is 4.90 Å². The minimum absolute atomic E-state index is 0.0275. The lowest BCUT2D eigenvalue weighted by atomic mass is 10.0. The maximum Gasteiger partial charge on any atom is 0.276 e. The van der Waals surface area contributed by atoms with Crippen LogP contribution in [0.1, 0.15) is 55.2 Å². The average Bonchev–Trinajstić information content (AvgIpc) is 3.48. The van der Waals surface area contributed by atoms with Crippen LogP contribution in [0.4, 0.5) is 0 Å². The molecule has 5 heterocycles. The topological polar surface area (TPSA) is 73.7 Å². The lowest BCUT2D eigenvalue weighted by molar-refractivity contribution is -0.135. The highest BCUT2D eigenvalue weighted by molar-refractivity contribution is 7.07. The Morgan fingerprint density at radius 1 is 1.37 bits per heavy atom. The fourth-order valence-corrected chi connectivity index (χ4v) is 5.38. The SMILES string of the molecule is CC(C)C(=O)N1CCc2c(nc3cc([C@@H]4CCCN4Cc4ccsc4)[nH]n3c2=O)C1. The zero-order valence-electron chi connectivity index (χ0n) is 17.4. The maximum absolute atomic E-state index is 13.1. The number of carbonyl (C=O) groups is 1. The molecule has 1 N–H and O–H groups in total. The van der Waals surface area contributed by atoms with Crippen molar-refractivity contribution in [2.75, 3.05) is 13.1 Å². The van der Waals surface area contributed by atoms with Crippen LogP contribution < -0.4 is 5.56 Å². The van der Waals surface area contributed by atoms with Crippen LogP contribution in [0.5, 0.6) is 0 Å². The molecule has 158 valence electrons. The molecule has 7 nitrogen and oxygen atoms in total. The molecule has 3 aromatic heterocycles. The molecule has 2 aliphatic rings. The van der Waals surface area contributed by atoms with Gasteiger partial charge in [0.25, 0.3) is 5.56 Å². The number of H-pyrrole nitrogens is 1. The second kappa shape index (κ2) is 7.67. The molecule has 1 atom stereocenters. The number of aromatic amines is 1. The predicted molar refractivity (Wildman–Crippen MR) is 116 cm³/mol. The number of carbonyl (C=O) groups excluding carboxylic acids is 1. The largest absolute Gasteiger partial charge is 0.336 e. The molecule has 30 heavy (non-hydrogen) atoms. The molecule has 1 fully saturated rings. The van der Waals surface area contributed by atoms with Gasteiger partial charge in [-0.25, -0.2) is 9.50 Å². The van der Waals surface area contributed by atoms with Crippen molar-refractivity contribution in [2.24, 2.45) is 5.92 Å². The van der Waals surface area contributed by atoms with Gasteiger partial charge in [-0.05, 0) is 48.2 Å². The number of nitrogens with zero attached hydrogens (tertiary/aromatic N) is 4. The van der Waals surface area contributed by atoms with E-state index in [0.29, 0.717) is 25.2 Å². The second-order valence-corrected chi connectivity index (χ2v) is 9.45. The van der Waals surface area contributed by atoms with E-state index < -0.39 is 0 Å². The van der Waals surface area contributed by atoms with Gasteiger partial charge in [0.05, 0.1) is 24.0 Å². The van der Waals surface area contributed by atoms with Crippen molar-refractivity contribution in [3.63, 3.8) is 0 Å². The van der Waals surface area contributed by atoms with Crippen LogP contribution in [0, 0.1) is 5.92 Å². The smallest absolute Gasteiger partial charge is 0.276 e. The number of fused-ring (bicyclic) bond motifs is 2. The molecular formula is C22H27N5O2S. The maximum atomic E-state index is 13.1. The monoisotopic (exact) mass is 425 g/mol. The summed E-state index contributed by atoms with van der Waals surface area (Å²) >= 11 is 1.73. The van der Waals surface area contributed by atoms with E-state index in [-0.39, 0.29) is 23.4 Å².